The number of aliphatic hydroxyl groups is 1. The normalized spacial score (nSPS) is 22.6. The lowest BCUT2D eigenvalue weighted by Gasteiger charge is -2.25. The lowest BCUT2D eigenvalue weighted by molar-refractivity contribution is -0.137. The molecule has 3 rings (SSSR count). The molecule has 1 aromatic carbocycles. The number of aromatic nitrogens is 2. The summed E-state index contributed by atoms with van der Waals surface area (Å²) in [5.41, 5.74) is -0.0553. The Bertz CT molecular complexity index is 642. The number of aliphatic hydroxyl groups excluding tert-OH is 1. The van der Waals surface area contributed by atoms with Gasteiger partial charge in [-0.3, -0.25) is 9.58 Å². The molecule has 0 spiro atoms. The van der Waals surface area contributed by atoms with E-state index < -0.39 is 17.8 Å². The number of halogens is 3. The van der Waals surface area contributed by atoms with E-state index in [4.69, 9.17) is 0 Å². The Labute approximate surface area is 132 Å². The van der Waals surface area contributed by atoms with Gasteiger partial charge in [0.1, 0.15) is 0 Å². The average molecular weight is 325 g/mol. The van der Waals surface area contributed by atoms with Gasteiger partial charge in [0.2, 0.25) is 0 Å². The summed E-state index contributed by atoms with van der Waals surface area (Å²) >= 11 is 0. The molecule has 1 aromatic heterocycles. The average Bonchev–Trinajstić information content (AvgIpc) is 3.13. The van der Waals surface area contributed by atoms with Crippen molar-refractivity contribution in [2.75, 3.05) is 13.1 Å². The van der Waals surface area contributed by atoms with Crippen molar-refractivity contribution >= 4 is 0 Å². The molecular weight excluding hydrogens is 307 g/mol. The van der Waals surface area contributed by atoms with Gasteiger partial charge in [-0.1, -0.05) is 12.1 Å². The van der Waals surface area contributed by atoms with Gasteiger partial charge in [0.15, 0.2) is 0 Å². The van der Waals surface area contributed by atoms with Crippen LogP contribution in [0.2, 0.25) is 0 Å². The van der Waals surface area contributed by atoms with E-state index in [9.17, 15) is 18.3 Å². The summed E-state index contributed by atoms with van der Waals surface area (Å²) in [4.78, 5) is 2.02. The summed E-state index contributed by atoms with van der Waals surface area (Å²) in [5, 5.41) is 14.1. The Morgan fingerprint density at radius 1 is 1.22 bits per heavy atom. The van der Waals surface area contributed by atoms with Crippen LogP contribution in [-0.4, -0.2) is 39.0 Å². The highest BCUT2D eigenvalue weighted by Crippen LogP contribution is 2.35. The molecule has 124 valence electrons. The van der Waals surface area contributed by atoms with E-state index in [-0.39, 0.29) is 6.04 Å². The van der Waals surface area contributed by atoms with Crippen LogP contribution in [0.1, 0.15) is 23.6 Å². The van der Waals surface area contributed by atoms with Crippen molar-refractivity contribution in [1.29, 1.82) is 0 Å². The molecule has 2 heterocycles. The number of nitrogens with zero attached hydrogens (tertiary/aromatic N) is 3. The molecule has 7 heteroatoms. The maximum absolute atomic E-state index is 12.9. The Kier molecular flexibility index (Phi) is 4.41. The third-order valence-electron chi connectivity index (χ3n) is 4.16. The SMILES string of the molecule is O[C@@H]1C[C@@H](c2cccc(C(F)(F)F)c2)N(CCn2cccn2)C1. The molecule has 4 nitrogen and oxygen atoms in total. The fourth-order valence-electron chi connectivity index (χ4n) is 3.06. The predicted molar refractivity (Wildman–Crippen MR) is 78.6 cm³/mol. The van der Waals surface area contributed by atoms with Crippen molar-refractivity contribution < 1.29 is 18.3 Å². The van der Waals surface area contributed by atoms with E-state index in [2.05, 4.69) is 5.10 Å². The van der Waals surface area contributed by atoms with Crippen LogP contribution in [0, 0.1) is 0 Å². The summed E-state index contributed by atoms with van der Waals surface area (Å²) in [7, 11) is 0. The van der Waals surface area contributed by atoms with Gasteiger partial charge in [-0.25, -0.2) is 0 Å². The van der Waals surface area contributed by atoms with E-state index in [1.807, 2.05) is 17.2 Å². The lowest BCUT2D eigenvalue weighted by Crippen LogP contribution is -2.28. The Morgan fingerprint density at radius 3 is 2.74 bits per heavy atom. The number of likely N-dealkylation sites (tertiary alicyclic amines) is 1. The van der Waals surface area contributed by atoms with Crippen LogP contribution < -0.4 is 0 Å². The molecule has 1 fully saturated rings. The molecule has 1 N–H and O–H groups in total. The largest absolute Gasteiger partial charge is 0.416 e. The van der Waals surface area contributed by atoms with Gasteiger partial charge < -0.3 is 5.11 Å². The first-order valence-corrected chi connectivity index (χ1v) is 7.50. The topological polar surface area (TPSA) is 41.3 Å². The van der Waals surface area contributed by atoms with Gasteiger partial charge in [-0.2, -0.15) is 18.3 Å². The van der Waals surface area contributed by atoms with Crippen molar-refractivity contribution in [3.63, 3.8) is 0 Å². The minimum absolute atomic E-state index is 0.206. The van der Waals surface area contributed by atoms with Gasteiger partial charge in [0, 0.05) is 31.5 Å². The molecule has 1 saturated heterocycles. The summed E-state index contributed by atoms with van der Waals surface area (Å²) < 4.78 is 40.4. The number of rotatable bonds is 4. The lowest BCUT2D eigenvalue weighted by atomic mass is 10.0. The van der Waals surface area contributed by atoms with E-state index in [0.29, 0.717) is 31.6 Å². The summed E-state index contributed by atoms with van der Waals surface area (Å²) in [6.45, 7) is 1.72. The summed E-state index contributed by atoms with van der Waals surface area (Å²) in [6, 6.07) is 6.99. The van der Waals surface area contributed by atoms with Crippen molar-refractivity contribution in [3.8, 4) is 0 Å². The maximum atomic E-state index is 12.9. The van der Waals surface area contributed by atoms with Crippen LogP contribution in [-0.2, 0) is 12.7 Å². The maximum Gasteiger partial charge on any atom is 0.416 e. The van der Waals surface area contributed by atoms with Gasteiger partial charge in [-0.15, -0.1) is 0 Å². The number of hydrogen-bond acceptors (Lipinski definition) is 3. The highest BCUT2D eigenvalue weighted by Gasteiger charge is 2.35. The van der Waals surface area contributed by atoms with Crippen LogP contribution in [0.15, 0.2) is 42.7 Å². The number of alkyl halides is 3. The third kappa shape index (κ3) is 3.73. The minimum atomic E-state index is -4.35. The van der Waals surface area contributed by atoms with Crippen LogP contribution in [0.5, 0.6) is 0 Å². The standard InChI is InChI=1S/C16H18F3N3O/c17-16(18,19)13-4-1-3-12(9-13)15-10-14(23)11-21(15)7-8-22-6-2-5-20-22/h1-6,9,14-15,23H,7-8,10-11H2/t14-,15+/m1/s1. The second kappa shape index (κ2) is 6.33. The van der Waals surface area contributed by atoms with Crippen molar-refractivity contribution in [3.05, 3.63) is 53.9 Å². The molecule has 1 aliphatic heterocycles. The highest BCUT2D eigenvalue weighted by atomic mass is 19.4. The van der Waals surface area contributed by atoms with E-state index in [1.54, 1.807) is 16.9 Å². The first kappa shape index (κ1) is 16.0. The molecule has 0 radical (unpaired) electrons. The van der Waals surface area contributed by atoms with Crippen LogP contribution in [0.25, 0.3) is 0 Å². The molecule has 2 atom stereocenters. The summed E-state index contributed by atoms with van der Waals surface area (Å²) in [6.07, 6.45) is -0.908. The van der Waals surface area contributed by atoms with Gasteiger partial charge in [-0.05, 0) is 30.2 Å². The minimum Gasteiger partial charge on any atom is -0.392 e. The molecule has 2 aromatic rings. The Morgan fingerprint density at radius 2 is 2.04 bits per heavy atom. The number of hydrogen-bond donors (Lipinski definition) is 1. The first-order chi connectivity index (χ1) is 10.9. The second-order valence-electron chi connectivity index (χ2n) is 5.79. The van der Waals surface area contributed by atoms with E-state index in [0.717, 1.165) is 6.07 Å². The van der Waals surface area contributed by atoms with Crippen LogP contribution >= 0.6 is 0 Å². The molecule has 0 saturated carbocycles. The zero-order chi connectivity index (χ0) is 16.4. The summed E-state index contributed by atoms with van der Waals surface area (Å²) in [5.74, 6) is 0. The van der Waals surface area contributed by atoms with Gasteiger partial charge >= 0.3 is 6.18 Å². The van der Waals surface area contributed by atoms with Crippen LogP contribution in [0.4, 0.5) is 13.2 Å². The molecule has 0 unspecified atom stereocenters. The fraction of sp³-hybridized carbons (Fsp3) is 0.438. The van der Waals surface area contributed by atoms with E-state index >= 15 is 0 Å². The Balaban J connectivity index is 1.76. The number of β-amino-alcohol motifs (C(OH)–C–C–N with tert-alkyl or cyclic N) is 1. The van der Waals surface area contributed by atoms with E-state index in [1.165, 1.54) is 12.1 Å². The quantitative estimate of drug-likeness (QED) is 0.940. The van der Waals surface area contributed by atoms with Crippen molar-refractivity contribution in [2.24, 2.45) is 0 Å². The second-order valence-corrected chi connectivity index (χ2v) is 5.79. The Hall–Kier alpha value is -1.86. The highest BCUT2D eigenvalue weighted by molar-refractivity contribution is 5.29. The van der Waals surface area contributed by atoms with Gasteiger partial charge in [0.25, 0.3) is 0 Å². The molecule has 0 bridgehead atoms. The molecule has 23 heavy (non-hydrogen) atoms. The molecular formula is C16H18F3N3O. The van der Waals surface area contributed by atoms with Gasteiger partial charge in [0.05, 0.1) is 18.2 Å². The monoisotopic (exact) mass is 325 g/mol. The van der Waals surface area contributed by atoms with Crippen LogP contribution in [0.3, 0.4) is 0 Å². The first-order valence-electron chi connectivity index (χ1n) is 7.50. The number of benzene rings is 1. The fourth-order valence-corrected chi connectivity index (χ4v) is 3.06. The molecule has 0 aliphatic carbocycles. The zero-order valence-electron chi connectivity index (χ0n) is 12.4. The molecule has 1 aliphatic rings. The zero-order valence-corrected chi connectivity index (χ0v) is 12.4. The van der Waals surface area contributed by atoms with Crippen molar-refractivity contribution in [2.45, 2.75) is 31.3 Å². The third-order valence-corrected chi connectivity index (χ3v) is 4.16. The van der Waals surface area contributed by atoms with Crippen molar-refractivity contribution in [1.82, 2.24) is 14.7 Å². The smallest absolute Gasteiger partial charge is 0.392 e. The molecule has 0 amide bonds. The predicted octanol–water partition coefficient (Wildman–Crippen LogP) is 2.71.